The zero-order valence-electron chi connectivity index (χ0n) is 29.7. The minimum Gasteiger partial charge on any atom is -0.311 e. The third kappa shape index (κ3) is 6.65. The molecule has 6 aromatic rings. The Labute approximate surface area is 293 Å². The minimum atomic E-state index is 0.00297. The summed E-state index contributed by atoms with van der Waals surface area (Å²) in [5.41, 5.74) is 16.3. The summed E-state index contributed by atoms with van der Waals surface area (Å²) in [7, 11) is 0. The molecular weight excluding hydrogens is 593 g/mol. The van der Waals surface area contributed by atoms with E-state index in [0.717, 1.165) is 0 Å². The highest BCUT2D eigenvalue weighted by molar-refractivity contribution is 5.78. The quantitative estimate of drug-likeness (QED) is 0.163. The molecule has 1 saturated carbocycles. The number of aryl methyl sites for hydroxylation is 5. The summed E-state index contributed by atoms with van der Waals surface area (Å²) < 4.78 is 0. The van der Waals surface area contributed by atoms with Crippen LogP contribution in [-0.2, 0) is 5.41 Å². The van der Waals surface area contributed by atoms with Crippen molar-refractivity contribution < 1.29 is 0 Å². The average Bonchev–Trinajstić information content (AvgIpc) is 3.13. The fraction of sp³-hybridized carbons (Fsp3) is 0.234. The molecule has 49 heavy (non-hydrogen) atoms. The van der Waals surface area contributed by atoms with E-state index in [-0.39, 0.29) is 5.41 Å². The molecule has 6 aromatic carbocycles. The molecule has 2 nitrogen and oxygen atoms in total. The number of hydrogen-bond donors (Lipinski definition) is 0. The van der Waals surface area contributed by atoms with Gasteiger partial charge in [0.25, 0.3) is 0 Å². The van der Waals surface area contributed by atoms with Gasteiger partial charge in [0.05, 0.1) is 0 Å². The number of anilines is 6. The van der Waals surface area contributed by atoms with E-state index in [9.17, 15) is 0 Å². The molecule has 0 spiro atoms. The maximum atomic E-state index is 2.40. The van der Waals surface area contributed by atoms with E-state index in [4.69, 9.17) is 0 Å². The van der Waals surface area contributed by atoms with Crippen molar-refractivity contribution in [3.8, 4) is 0 Å². The molecule has 0 N–H and O–H groups in total. The van der Waals surface area contributed by atoms with Crippen LogP contribution in [-0.4, -0.2) is 0 Å². The van der Waals surface area contributed by atoms with Crippen LogP contribution in [0.4, 0.5) is 34.1 Å². The highest BCUT2D eigenvalue weighted by atomic mass is 15.1. The van der Waals surface area contributed by atoms with Crippen LogP contribution in [0.15, 0.2) is 140 Å². The molecule has 7 rings (SSSR count). The molecule has 246 valence electrons. The van der Waals surface area contributed by atoms with Gasteiger partial charge < -0.3 is 9.80 Å². The predicted molar refractivity (Wildman–Crippen MR) is 210 cm³/mol. The molecule has 1 aliphatic carbocycles. The largest absolute Gasteiger partial charge is 0.311 e. The Balaban J connectivity index is 1.26. The summed E-state index contributed by atoms with van der Waals surface area (Å²) in [4.78, 5) is 4.76. The van der Waals surface area contributed by atoms with Crippen molar-refractivity contribution in [1.82, 2.24) is 0 Å². The van der Waals surface area contributed by atoms with Crippen LogP contribution in [0.25, 0.3) is 0 Å². The smallest absolute Gasteiger partial charge is 0.0464 e. The molecule has 0 radical (unpaired) electrons. The topological polar surface area (TPSA) is 6.48 Å². The Kier molecular flexibility index (Phi) is 9.15. The first-order valence-corrected chi connectivity index (χ1v) is 17.9. The first-order chi connectivity index (χ1) is 23.8. The molecule has 0 saturated heterocycles. The summed E-state index contributed by atoms with van der Waals surface area (Å²) >= 11 is 0. The van der Waals surface area contributed by atoms with Crippen molar-refractivity contribution in [1.29, 1.82) is 0 Å². The lowest BCUT2D eigenvalue weighted by Gasteiger charge is -2.39. The number of benzene rings is 6. The van der Waals surface area contributed by atoms with Gasteiger partial charge in [-0.05, 0) is 143 Å². The molecule has 1 aliphatic rings. The zero-order valence-corrected chi connectivity index (χ0v) is 29.7. The molecule has 0 aromatic heterocycles. The lowest BCUT2D eigenvalue weighted by molar-refractivity contribution is 0.346. The third-order valence-electron chi connectivity index (χ3n) is 10.7. The Morgan fingerprint density at radius 1 is 0.347 bits per heavy atom. The Morgan fingerprint density at radius 3 is 1.04 bits per heavy atom. The minimum absolute atomic E-state index is 0.00297. The van der Waals surface area contributed by atoms with Gasteiger partial charge in [-0.3, -0.25) is 0 Å². The number of hydrogen-bond acceptors (Lipinski definition) is 2. The zero-order chi connectivity index (χ0) is 34.0. The van der Waals surface area contributed by atoms with Gasteiger partial charge in [0, 0.05) is 39.5 Å². The molecule has 2 heteroatoms. The maximum absolute atomic E-state index is 2.40. The van der Waals surface area contributed by atoms with Crippen LogP contribution >= 0.6 is 0 Å². The summed E-state index contributed by atoms with van der Waals surface area (Å²) in [6.45, 7) is 10.8. The number of rotatable bonds is 8. The lowest BCUT2D eigenvalue weighted by Crippen LogP contribution is -2.30. The second-order valence-electron chi connectivity index (χ2n) is 14.2. The Morgan fingerprint density at radius 2 is 0.673 bits per heavy atom. The summed E-state index contributed by atoms with van der Waals surface area (Å²) in [5.74, 6) is 0. The summed E-state index contributed by atoms with van der Waals surface area (Å²) in [5, 5.41) is 0. The molecule has 0 bridgehead atoms. The first-order valence-electron chi connectivity index (χ1n) is 17.9. The monoisotopic (exact) mass is 640 g/mol. The van der Waals surface area contributed by atoms with E-state index in [1.54, 1.807) is 0 Å². The van der Waals surface area contributed by atoms with Crippen molar-refractivity contribution in [2.24, 2.45) is 0 Å². The first kappa shape index (κ1) is 32.5. The molecule has 0 heterocycles. The van der Waals surface area contributed by atoms with Crippen LogP contribution in [0, 0.1) is 34.6 Å². The SMILES string of the molecule is Cc1ccc(N(c2ccc(C)cc2)c2ccc(C3(c4ccc(N(c5ccc(C)cc5)c5ccc(C)c(C)c5)cc4)CCCCC3)cc2)cc1. The normalized spacial score (nSPS) is 14.0. The van der Waals surface area contributed by atoms with Gasteiger partial charge in [-0.1, -0.05) is 103 Å². The summed E-state index contributed by atoms with van der Waals surface area (Å²) in [6, 6.07) is 52.3. The van der Waals surface area contributed by atoms with Gasteiger partial charge in [-0.2, -0.15) is 0 Å². The highest BCUT2D eigenvalue weighted by Gasteiger charge is 2.36. The lowest BCUT2D eigenvalue weighted by atomic mass is 9.65. The van der Waals surface area contributed by atoms with Crippen LogP contribution in [0.3, 0.4) is 0 Å². The maximum Gasteiger partial charge on any atom is 0.0464 e. The van der Waals surface area contributed by atoms with Gasteiger partial charge in [0.2, 0.25) is 0 Å². The molecule has 0 atom stereocenters. The third-order valence-corrected chi connectivity index (χ3v) is 10.7. The van der Waals surface area contributed by atoms with Gasteiger partial charge in [0.1, 0.15) is 0 Å². The van der Waals surface area contributed by atoms with Crippen LogP contribution in [0.5, 0.6) is 0 Å². The molecule has 0 amide bonds. The van der Waals surface area contributed by atoms with Gasteiger partial charge >= 0.3 is 0 Å². The van der Waals surface area contributed by atoms with E-state index >= 15 is 0 Å². The van der Waals surface area contributed by atoms with E-state index in [1.807, 2.05) is 0 Å². The van der Waals surface area contributed by atoms with Gasteiger partial charge in [0.15, 0.2) is 0 Å². The van der Waals surface area contributed by atoms with Crippen molar-refractivity contribution in [3.63, 3.8) is 0 Å². The van der Waals surface area contributed by atoms with Gasteiger partial charge in [-0.25, -0.2) is 0 Å². The number of nitrogens with zero attached hydrogens (tertiary/aromatic N) is 2. The fourth-order valence-corrected chi connectivity index (χ4v) is 7.60. The molecule has 0 aliphatic heterocycles. The standard InChI is InChI=1S/C47H48N2/c1-34-9-20-41(21-10-34)48(42-22-11-35(2)12-23-42)44-27-16-39(17-28-44)47(31-7-6-8-32-47)40-18-29-45(30-19-40)49(43-24-13-36(3)14-25-43)46-26-15-37(4)38(5)33-46/h9-30,33H,6-8,31-32H2,1-5H3. The van der Waals surface area contributed by atoms with E-state index < -0.39 is 0 Å². The summed E-state index contributed by atoms with van der Waals surface area (Å²) in [6.07, 6.45) is 6.15. The molecular formula is C47H48N2. The second kappa shape index (κ2) is 13.8. The molecule has 0 unspecified atom stereocenters. The van der Waals surface area contributed by atoms with E-state index in [1.165, 1.54) is 105 Å². The Bertz CT molecular complexity index is 1950. The fourth-order valence-electron chi connectivity index (χ4n) is 7.60. The van der Waals surface area contributed by atoms with Crippen molar-refractivity contribution >= 4 is 34.1 Å². The van der Waals surface area contributed by atoms with E-state index in [0.29, 0.717) is 0 Å². The van der Waals surface area contributed by atoms with Crippen molar-refractivity contribution in [2.45, 2.75) is 72.1 Å². The van der Waals surface area contributed by atoms with Gasteiger partial charge in [-0.15, -0.1) is 0 Å². The Hall–Kier alpha value is -5.08. The van der Waals surface area contributed by atoms with Crippen LogP contribution < -0.4 is 9.80 Å². The van der Waals surface area contributed by atoms with E-state index in [2.05, 4.69) is 184 Å². The van der Waals surface area contributed by atoms with Crippen molar-refractivity contribution in [3.05, 3.63) is 178 Å². The highest BCUT2D eigenvalue weighted by Crippen LogP contribution is 2.47. The average molecular weight is 641 g/mol. The predicted octanol–water partition coefficient (Wildman–Crippen LogP) is 13.4. The van der Waals surface area contributed by atoms with Crippen molar-refractivity contribution in [2.75, 3.05) is 9.80 Å². The second-order valence-corrected chi connectivity index (χ2v) is 14.2. The van der Waals surface area contributed by atoms with Crippen LogP contribution in [0.1, 0.15) is 71.0 Å². The molecule has 1 fully saturated rings. The van der Waals surface area contributed by atoms with Crippen LogP contribution in [0.2, 0.25) is 0 Å².